The Kier molecular flexibility index (Phi) is 6.34. The Morgan fingerprint density at radius 3 is 2.64 bits per heavy atom. The van der Waals surface area contributed by atoms with Gasteiger partial charge in [-0.05, 0) is 48.6 Å². The lowest BCUT2D eigenvalue weighted by molar-refractivity contribution is -0.128. The van der Waals surface area contributed by atoms with Crippen molar-refractivity contribution in [3.05, 3.63) is 59.2 Å². The van der Waals surface area contributed by atoms with E-state index in [0.29, 0.717) is 13.1 Å². The quantitative estimate of drug-likeness (QED) is 0.798. The van der Waals surface area contributed by atoms with Crippen LogP contribution >= 0.6 is 0 Å². The van der Waals surface area contributed by atoms with Gasteiger partial charge in [-0.25, -0.2) is 0 Å². The molecule has 0 spiro atoms. The monoisotopic (exact) mass is 380 g/mol. The Labute approximate surface area is 166 Å². The first-order valence-corrected chi connectivity index (χ1v) is 9.82. The largest absolute Gasteiger partial charge is 0.497 e. The van der Waals surface area contributed by atoms with Crippen LogP contribution in [0.1, 0.15) is 30.0 Å². The normalized spacial score (nSPS) is 16.3. The van der Waals surface area contributed by atoms with Gasteiger partial charge in [0, 0.05) is 25.2 Å². The standard InChI is InChI=1S/C23H28N2O3/c1-4-18-7-5-6-16(2)22(18)24-23(27)19-14-21(26)25(15-19)13-12-17-8-10-20(28-3)11-9-17/h5-11,19H,4,12-15H2,1-3H3,(H,24,27). The summed E-state index contributed by atoms with van der Waals surface area (Å²) in [6, 6.07) is 13.9. The summed E-state index contributed by atoms with van der Waals surface area (Å²) in [5, 5.41) is 3.07. The number of nitrogens with one attached hydrogen (secondary N) is 1. The second-order valence-electron chi connectivity index (χ2n) is 7.29. The molecule has 1 heterocycles. The van der Waals surface area contributed by atoms with Gasteiger partial charge in [-0.3, -0.25) is 9.59 Å². The zero-order valence-electron chi connectivity index (χ0n) is 16.8. The summed E-state index contributed by atoms with van der Waals surface area (Å²) in [6.07, 6.45) is 1.90. The van der Waals surface area contributed by atoms with E-state index in [1.807, 2.05) is 49.4 Å². The molecule has 0 radical (unpaired) electrons. The summed E-state index contributed by atoms with van der Waals surface area (Å²) in [5.74, 6) is 0.506. The van der Waals surface area contributed by atoms with E-state index in [-0.39, 0.29) is 24.2 Å². The molecule has 5 nitrogen and oxygen atoms in total. The maximum atomic E-state index is 12.8. The third kappa shape index (κ3) is 4.53. The number of hydrogen-bond acceptors (Lipinski definition) is 3. The summed E-state index contributed by atoms with van der Waals surface area (Å²) >= 11 is 0. The summed E-state index contributed by atoms with van der Waals surface area (Å²) in [7, 11) is 1.64. The molecular weight excluding hydrogens is 352 g/mol. The Bertz CT molecular complexity index is 845. The van der Waals surface area contributed by atoms with Crippen molar-refractivity contribution in [1.29, 1.82) is 0 Å². The number of aryl methyl sites for hydroxylation is 2. The maximum Gasteiger partial charge on any atom is 0.229 e. The number of likely N-dealkylation sites (tertiary alicyclic amines) is 1. The van der Waals surface area contributed by atoms with Gasteiger partial charge < -0.3 is 15.0 Å². The number of methoxy groups -OCH3 is 1. The molecule has 2 amide bonds. The van der Waals surface area contributed by atoms with E-state index in [4.69, 9.17) is 4.74 Å². The number of para-hydroxylation sites is 1. The van der Waals surface area contributed by atoms with Gasteiger partial charge in [0.1, 0.15) is 5.75 Å². The fourth-order valence-corrected chi connectivity index (χ4v) is 3.65. The zero-order valence-corrected chi connectivity index (χ0v) is 16.8. The van der Waals surface area contributed by atoms with Gasteiger partial charge in [0.25, 0.3) is 0 Å². The van der Waals surface area contributed by atoms with Gasteiger partial charge in [0.2, 0.25) is 11.8 Å². The highest BCUT2D eigenvalue weighted by Crippen LogP contribution is 2.25. The molecule has 0 bridgehead atoms. The van der Waals surface area contributed by atoms with Gasteiger partial charge in [-0.2, -0.15) is 0 Å². The van der Waals surface area contributed by atoms with Crippen molar-refractivity contribution in [2.45, 2.75) is 33.1 Å². The first-order chi connectivity index (χ1) is 13.5. The number of amides is 2. The predicted molar refractivity (Wildman–Crippen MR) is 111 cm³/mol. The smallest absolute Gasteiger partial charge is 0.229 e. The molecule has 1 atom stereocenters. The van der Waals surface area contributed by atoms with Crippen molar-refractivity contribution in [3.8, 4) is 5.75 Å². The van der Waals surface area contributed by atoms with E-state index in [9.17, 15) is 9.59 Å². The van der Waals surface area contributed by atoms with Crippen LogP contribution in [0.25, 0.3) is 0 Å². The highest BCUT2D eigenvalue weighted by atomic mass is 16.5. The highest BCUT2D eigenvalue weighted by molar-refractivity contribution is 5.98. The van der Waals surface area contributed by atoms with E-state index in [1.54, 1.807) is 12.0 Å². The Morgan fingerprint density at radius 2 is 1.96 bits per heavy atom. The fourth-order valence-electron chi connectivity index (χ4n) is 3.65. The number of nitrogens with zero attached hydrogens (tertiary/aromatic N) is 1. The number of ether oxygens (including phenoxy) is 1. The van der Waals surface area contributed by atoms with Crippen molar-refractivity contribution in [3.63, 3.8) is 0 Å². The van der Waals surface area contributed by atoms with E-state index in [1.165, 1.54) is 0 Å². The zero-order chi connectivity index (χ0) is 20.1. The van der Waals surface area contributed by atoms with Gasteiger partial charge in [0.05, 0.1) is 13.0 Å². The molecule has 0 aliphatic carbocycles. The van der Waals surface area contributed by atoms with Crippen LogP contribution < -0.4 is 10.1 Å². The molecule has 1 fully saturated rings. The molecule has 148 valence electrons. The number of benzene rings is 2. The van der Waals surface area contributed by atoms with E-state index < -0.39 is 0 Å². The average molecular weight is 380 g/mol. The summed E-state index contributed by atoms with van der Waals surface area (Å²) in [6.45, 7) is 5.17. The molecule has 1 aliphatic heterocycles. The van der Waals surface area contributed by atoms with Gasteiger partial charge in [-0.15, -0.1) is 0 Å². The van der Waals surface area contributed by atoms with Crippen LogP contribution in [-0.2, 0) is 22.4 Å². The maximum absolute atomic E-state index is 12.8. The number of anilines is 1. The van der Waals surface area contributed by atoms with Crippen molar-refractivity contribution >= 4 is 17.5 Å². The minimum absolute atomic E-state index is 0.0501. The van der Waals surface area contributed by atoms with E-state index in [2.05, 4.69) is 12.2 Å². The van der Waals surface area contributed by atoms with Crippen LogP contribution in [0.4, 0.5) is 5.69 Å². The van der Waals surface area contributed by atoms with Crippen molar-refractivity contribution in [1.82, 2.24) is 4.90 Å². The minimum atomic E-state index is -0.298. The van der Waals surface area contributed by atoms with Crippen LogP contribution in [0, 0.1) is 12.8 Å². The lowest BCUT2D eigenvalue weighted by atomic mass is 10.0. The minimum Gasteiger partial charge on any atom is -0.497 e. The molecule has 5 heteroatoms. The Morgan fingerprint density at radius 1 is 1.21 bits per heavy atom. The first-order valence-electron chi connectivity index (χ1n) is 9.82. The lowest BCUT2D eigenvalue weighted by Gasteiger charge is -2.18. The highest BCUT2D eigenvalue weighted by Gasteiger charge is 2.34. The van der Waals surface area contributed by atoms with Crippen LogP contribution in [0.3, 0.4) is 0 Å². The van der Waals surface area contributed by atoms with E-state index >= 15 is 0 Å². The SMILES string of the molecule is CCc1cccc(C)c1NC(=O)C1CC(=O)N(CCc2ccc(OC)cc2)C1. The number of carbonyl (C=O) groups excluding carboxylic acids is 2. The van der Waals surface area contributed by atoms with Crippen LogP contribution in [-0.4, -0.2) is 36.9 Å². The molecule has 0 aromatic heterocycles. The molecule has 1 N–H and O–H groups in total. The second-order valence-corrected chi connectivity index (χ2v) is 7.29. The molecular formula is C23H28N2O3. The van der Waals surface area contributed by atoms with Gasteiger partial charge in [0.15, 0.2) is 0 Å². The molecule has 1 unspecified atom stereocenters. The topological polar surface area (TPSA) is 58.6 Å². The van der Waals surface area contributed by atoms with Gasteiger partial charge >= 0.3 is 0 Å². The Hall–Kier alpha value is -2.82. The van der Waals surface area contributed by atoms with Crippen LogP contribution in [0.15, 0.2) is 42.5 Å². The average Bonchev–Trinajstić information content (AvgIpc) is 3.09. The van der Waals surface area contributed by atoms with Crippen molar-refractivity contribution in [2.24, 2.45) is 5.92 Å². The summed E-state index contributed by atoms with van der Waals surface area (Å²) in [5.41, 5.74) is 4.20. The molecule has 28 heavy (non-hydrogen) atoms. The number of hydrogen-bond donors (Lipinski definition) is 1. The summed E-state index contributed by atoms with van der Waals surface area (Å²) in [4.78, 5) is 26.9. The fraction of sp³-hybridized carbons (Fsp3) is 0.391. The molecule has 2 aromatic rings. The molecule has 3 rings (SSSR count). The van der Waals surface area contributed by atoms with Crippen LogP contribution in [0.5, 0.6) is 5.75 Å². The molecule has 1 saturated heterocycles. The number of carbonyl (C=O) groups is 2. The third-order valence-corrected chi connectivity index (χ3v) is 5.40. The first kappa shape index (κ1) is 19.9. The van der Waals surface area contributed by atoms with E-state index in [0.717, 1.165) is 41.0 Å². The summed E-state index contributed by atoms with van der Waals surface area (Å²) < 4.78 is 5.17. The van der Waals surface area contributed by atoms with Crippen molar-refractivity contribution in [2.75, 3.05) is 25.5 Å². The molecule has 2 aromatic carbocycles. The van der Waals surface area contributed by atoms with Gasteiger partial charge in [-0.1, -0.05) is 37.3 Å². The predicted octanol–water partition coefficient (Wildman–Crippen LogP) is 3.60. The number of rotatable bonds is 7. The third-order valence-electron chi connectivity index (χ3n) is 5.40. The molecule has 0 saturated carbocycles. The van der Waals surface area contributed by atoms with Crippen LogP contribution in [0.2, 0.25) is 0 Å². The Balaban J connectivity index is 1.58. The molecule has 1 aliphatic rings. The second kappa shape index (κ2) is 8.91. The lowest BCUT2D eigenvalue weighted by Crippen LogP contribution is -2.30. The van der Waals surface area contributed by atoms with Crippen molar-refractivity contribution < 1.29 is 14.3 Å².